The number of rotatable bonds is 4. The molecular weight excluding hydrogens is 309 g/mol. The molecule has 1 aromatic heterocycles. The van der Waals surface area contributed by atoms with Crippen molar-refractivity contribution in [1.29, 1.82) is 0 Å². The Hall–Kier alpha value is -1.76. The Balaban J connectivity index is 2.20. The molecule has 8 heteroatoms. The molecule has 0 unspecified atom stereocenters. The molecule has 1 aromatic carbocycles. The fourth-order valence-electron chi connectivity index (χ4n) is 1.48. The van der Waals surface area contributed by atoms with Crippen LogP contribution in [-0.2, 0) is 5.41 Å². The van der Waals surface area contributed by atoms with Crippen molar-refractivity contribution in [2.75, 3.05) is 5.88 Å². The van der Waals surface area contributed by atoms with E-state index in [0.717, 1.165) is 0 Å². The monoisotopic (exact) mass is 320 g/mol. The van der Waals surface area contributed by atoms with Crippen molar-refractivity contribution in [1.82, 2.24) is 10.1 Å². The Kier molecular flexibility index (Phi) is 4.13. The van der Waals surface area contributed by atoms with Crippen LogP contribution < -0.4 is 4.74 Å². The Morgan fingerprint density at radius 2 is 1.81 bits per heavy atom. The smallest absolute Gasteiger partial charge is 0.406 e. The molecule has 0 bridgehead atoms. The Bertz CT molecular complexity index is 609. The third kappa shape index (κ3) is 3.87. The number of nitrogens with zero attached hydrogens (tertiary/aromatic N) is 2. The second-order valence-electron chi connectivity index (χ2n) is 5.01. The first-order valence-corrected chi connectivity index (χ1v) is 6.51. The van der Waals surface area contributed by atoms with Gasteiger partial charge in [0.25, 0.3) is 0 Å². The number of ether oxygens (including phenoxy) is 1. The fourth-order valence-corrected chi connectivity index (χ4v) is 1.59. The van der Waals surface area contributed by atoms with E-state index < -0.39 is 11.8 Å². The molecule has 1 heterocycles. The minimum absolute atomic E-state index is 0.279. The van der Waals surface area contributed by atoms with E-state index >= 15 is 0 Å². The van der Waals surface area contributed by atoms with Crippen molar-refractivity contribution in [3.63, 3.8) is 0 Å². The average molecular weight is 321 g/mol. The molecule has 0 saturated heterocycles. The van der Waals surface area contributed by atoms with Crippen molar-refractivity contribution in [2.24, 2.45) is 0 Å². The van der Waals surface area contributed by atoms with Crippen LogP contribution in [0.5, 0.6) is 5.75 Å². The zero-order valence-corrected chi connectivity index (χ0v) is 12.0. The lowest BCUT2D eigenvalue weighted by molar-refractivity contribution is -0.274. The fraction of sp³-hybridized carbons (Fsp3) is 0.385. The molecule has 0 aliphatic rings. The lowest BCUT2D eigenvalue weighted by Crippen LogP contribution is -2.19. The lowest BCUT2D eigenvalue weighted by atomic mass is 9.96. The maximum absolute atomic E-state index is 12.1. The molecule has 0 amide bonds. The van der Waals surface area contributed by atoms with Crippen LogP contribution in [0.3, 0.4) is 0 Å². The van der Waals surface area contributed by atoms with E-state index in [1.807, 2.05) is 13.8 Å². The van der Waals surface area contributed by atoms with E-state index in [0.29, 0.717) is 17.3 Å². The molecule has 0 aliphatic carbocycles. The molecule has 0 fully saturated rings. The van der Waals surface area contributed by atoms with Gasteiger partial charge in [-0.15, -0.1) is 24.8 Å². The maximum Gasteiger partial charge on any atom is 0.573 e. The molecule has 21 heavy (non-hydrogen) atoms. The predicted molar refractivity (Wildman–Crippen MR) is 70.2 cm³/mol. The number of benzene rings is 1. The van der Waals surface area contributed by atoms with E-state index in [1.54, 1.807) is 0 Å². The van der Waals surface area contributed by atoms with Gasteiger partial charge in [0.1, 0.15) is 5.75 Å². The number of aromatic nitrogens is 2. The van der Waals surface area contributed by atoms with Crippen molar-refractivity contribution in [2.45, 2.75) is 25.6 Å². The zero-order valence-electron chi connectivity index (χ0n) is 11.2. The SMILES string of the molecule is CC(C)(CCl)c1nc(-c2ccc(OC(F)(F)F)cc2)no1. The molecular formula is C13H12ClF3N2O2. The first-order chi connectivity index (χ1) is 9.71. The topological polar surface area (TPSA) is 48.2 Å². The molecule has 0 aliphatic heterocycles. The summed E-state index contributed by atoms with van der Waals surface area (Å²) in [4.78, 5) is 4.20. The summed E-state index contributed by atoms with van der Waals surface area (Å²) in [6.07, 6.45) is -4.72. The quantitative estimate of drug-likeness (QED) is 0.794. The first-order valence-electron chi connectivity index (χ1n) is 5.97. The molecule has 2 aromatic rings. The highest BCUT2D eigenvalue weighted by molar-refractivity contribution is 6.18. The standard InChI is InChI=1S/C13H12ClF3N2O2/c1-12(2,7-14)11-18-10(19-21-11)8-3-5-9(6-4-8)20-13(15,16)17/h3-6H,7H2,1-2H3. The van der Waals surface area contributed by atoms with Gasteiger partial charge in [-0.2, -0.15) is 4.98 Å². The highest BCUT2D eigenvalue weighted by Crippen LogP contribution is 2.28. The normalized spacial score (nSPS) is 12.5. The number of hydrogen-bond acceptors (Lipinski definition) is 4. The molecule has 114 valence electrons. The van der Waals surface area contributed by atoms with Crippen LogP contribution in [0.15, 0.2) is 28.8 Å². The van der Waals surface area contributed by atoms with Crippen molar-refractivity contribution >= 4 is 11.6 Å². The highest BCUT2D eigenvalue weighted by Gasteiger charge is 2.31. The summed E-state index contributed by atoms with van der Waals surface area (Å²) in [5.74, 6) is 0.633. The van der Waals surface area contributed by atoms with Crippen LogP contribution in [0.25, 0.3) is 11.4 Å². The lowest BCUT2D eigenvalue weighted by Gasteiger charge is -2.14. The van der Waals surface area contributed by atoms with Gasteiger partial charge in [-0.1, -0.05) is 5.16 Å². The van der Waals surface area contributed by atoms with E-state index in [1.165, 1.54) is 24.3 Å². The van der Waals surface area contributed by atoms with E-state index in [-0.39, 0.29) is 11.6 Å². The van der Waals surface area contributed by atoms with E-state index in [9.17, 15) is 13.2 Å². The van der Waals surface area contributed by atoms with E-state index in [4.69, 9.17) is 16.1 Å². The zero-order chi connectivity index (χ0) is 15.7. The molecule has 0 N–H and O–H groups in total. The third-order valence-electron chi connectivity index (χ3n) is 2.69. The Labute approximate surface area is 123 Å². The van der Waals surface area contributed by atoms with Crippen molar-refractivity contribution in [3.8, 4) is 17.1 Å². The Morgan fingerprint density at radius 3 is 2.33 bits per heavy atom. The second-order valence-corrected chi connectivity index (χ2v) is 5.28. The molecule has 4 nitrogen and oxygen atoms in total. The maximum atomic E-state index is 12.1. The average Bonchev–Trinajstić information content (AvgIpc) is 2.88. The largest absolute Gasteiger partial charge is 0.573 e. The minimum Gasteiger partial charge on any atom is -0.406 e. The summed E-state index contributed by atoms with van der Waals surface area (Å²) in [6.45, 7) is 3.69. The molecule has 0 saturated carbocycles. The van der Waals surface area contributed by atoms with Crippen LogP contribution in [-0.4, -0.2) is 22.4 Å². The molecule has 0 spiro atoms. The van der Waals surface area contributed by atoms with Crippen LogP contribution in [0, 0.1) is 0 Å². The minimum atomic E-state index is -4.72. The summed E-state index contributed by atoms with van der Waals surface area (Å²) in [5.41, 5.74) is 0.0384. The van der Waals surface area contributed by atoms with Crippen molar-refractivity contribution < 1.29 is 22.4 Å². The van der Waals surface area contributed by atoms with Crippen LogP contribution in [0.4, 0.5) is 13.2 Å². The van der Waals surface area contributed by atoms with Crippen molar-refractivity contribution in [3.05, 3.63) is 30.2 Å². The first kappa shape index (κ1) is 15.6. The number of alkyl halides is 4. The summed E-state index contributed by atoms with van der Waals surface area (Å²) in [6, 6.07) is 5.21. The molecule has 2 rings (SSSR count). The van der Waals surface area contributed by atoms with Crippen LogP contribution in [0.1, 0.15) is 19.7 Å². The number of hydrogen-bond donors (Lipinski definition) is 0. The van der Waals surface area contributed by atoms with Crippen LogP contribution in [0.2, 0.25) is 0 Å². The van der Waals surface area contributed by atoms with Gasteiger partial charge in [0.15, 0.2) is 0 Å². The van der Waals surface area contributed by atoms with Gasteiger partial charge in [-0.25, -0.2) is 0 Å². The second kappa shape index (κ2) is 5.55. The summed E-state index contributed by atoms with van der Waals surface area (Å²) >= 11 is 5.81. The van der Waals surface area contributed by atoms with Gasteiger partial charge in [0, 0.05) is 11.4 Å². The molecule has 0 atom stereocenters. The summed E-state index contributed by atoms with van der Waals surface area (Å²) < 4.78 is 45.1. The predicted octanol–water partition coefficient (Wildman–Crippen LogP) is 4.15. The van der Waals surface area contributed by atoms with Gasteiger partial charge in [-0.05, 0) is 38.1 Å². The molecule has 0 radical (unpaired) electrons. The summed E-state index contributed by atoms with van der Waals surface area (Å²) in [5, 5.41) is 3.80. The van der Waals surface area contributed by atoms with Gasteiger partial charge >= 0.3 is 6.36 Å². The van der Waals surface area contributed by atoms with Gasteiger partial charge in [0.2, 0.25) is 11.7 Å². The number of halogens is 4. The summed E-state index contributed by atoms with van der Waals surface area (Å²) in [7, 11) is 0. The van der Waals surface area contributed by atoms with Gasteiger partial charge in [0.05, 0.1) is 5.41 Å². The highest BCUT2D eigenvalue weighted by atomic mass is 35.5. The van der Waals surface area contributed by atoms with Gasteiger partial charge in [-0.3, -0.25) is 0 Å². The third-order valence-corrected chi connectivity index (χ3v) is 3.35. The van der Waals surface area contributed by atoms with Crippen LogP contribution >= 0.6 is 11.6 Å². The Morgan fingerprint density at radius 1 is 1.19 bits per heavy atom. The van der Waals surface area contributed by atoms with E-state index in [2.05, 4.69) is 14.9 Å². The van der Waals surface area contributed by atoms with Gasteiger partial charge < -0.3 is 9.26 Å².